The molecule has 0 aromatic heterocycles. The first-order valence-corrected chi connectivity index (χ1v) is 4.85. The van der Waals surface area contributed by atoms with Gasteiger partial charge in [-0.3, -0.25) is 4.79 Å². The van der Waals surface area contributed by atoms with E-state index in [-0.39, 0.29) is 18.1 Å². The number of hydrogen-bond acceptors (Lipinski definition) is 2. The molecule has 2 N–H and O–H groups in total. The van der Waals surface area contributed by atoms with E-state index in [9.17, 15) is 9.90 Å². The molecule has 1 aliphatic rings. The van der Waals surface area contributed by atoms with Gasteiger partial charge in [0.2, 0.25) is 5.91 Å². The summed E-state index contributed by atoms with van der Waals surface area (Å²) in [6.07, 6.45) is 6.69. The van der Waals surface area contributed by atoms with Crippen molar-refractivity contribution in [1.29, 1.82) is 0 Å². The van der Waals surface area contributed by atoms with Gasteiger partial charge in [0, 0.05) is 0 Å². The molecule has 2 unspecified atom stereocenters. The Morgan fingerprint density at radius 2 is 2.15 bits per heavy atom. The second-order valence-corrected chi connectivity index (χ2v) is 3.47. The van der Waals surface area contributed by atoms with Crippen molar-refractivity contribution in [3.8, 4) is 0 Å². The third-order valence-electron chi connectivity index (χ3n) is 2.38. The highest BCUT2D eigenvalue weighted by Gasteiger charge is 2.23. The summed E-state index contributed by atoms with van der Waals surface area (Å²) in [7, 11) is 0. The fraction of sp³-hybridized carbons (Fsp3) is 0.700. The van der Waals surface area contributed by atoms with E-state index in [0.29, 0.717) is 0 Å². The number of carbonyl (C=O) groups excluding carboxylic acids is 1. The van der Waals surface area contributed by atoms with Gasteiger partial charge in [0.25, 0.3) is 0 Å². The highest BCUT2D eigenvalue weighted by molar-refractivity contribution is 5.87. The maximum atomic E-state index is 11.1. The van der Waals surface area contributed by atoms with Crippen molar-refractivity contribution in [2.45, 2.75) is 44.8 Å². The van der Waals surface area contributed by atoms with Crippen molar-refractivity contribution >= 4 is 5.91 Å². The number of nitrogens with one attached hydrogen (secondary N) is 1. The van der Waals surface area contributed by atoms with Gasteiger partial charge in [-0.2, -0.15) is 0 Å². The van der Waals surface area contributed by atoms with Crippen LogP contribution < -0.4 is 5.32 Å². The van der Waals surface area contributed by atoms with Crippen molar-refractivity contribution in [2.75, 3.05) is 0 Å². The molecule has 1 rings (SSSR count). The standard InChI is InChI=1S/C10H17NO2/c1-2-5-10(13)11-8-6-3-4-7-9(8)12/h2,5,8-9,12H,3-4,6-7H2,1H3,(H,11,13)/b5-2+. The molecule has 0 aliphatic heterocycles. The average molecular weight is 183 g/mol. The minimum absolute atomic E-state index is 0.0440. The van der Waals surface area contributed by atoms with Gasteiger partial charge in [-0.05, 0) is 25.8 Å². The van der Waals surface area contributed by atoms with E-state index in [4.69, 9.17) is 0 Å². The lowest BCUT2D eigenvalue weighted by Crippen LogP contribution is -2.44. The zero-order valence-corrected chi connectivity index (χ0v) is 7.99. The maximum Gasteiger partial charge on any atom is 0.243 e. The molecule has 0 heterocycles. The fourth-order valence-corrected chi connectivity index (χ4v) is 1.66. The lowest BCUT2D eigenvalue weighted by atomic mass is 9.92. The molecule has 0 aromatic rings. The predicted molar refractivity (Wildman–Crippen MR) is 51.2 cm³/mol. The van der Waals surface area contributed by atoms with Gasteiger partial charge < -0.3 is 10.4 Å². The van der Waals surface area contributed by atoms with Crippen LogP contribution in [-0.2, 0) is 4.79 Å². The van der Waals surface area contributed by atoms with E-state index < -0.39 is 0 Å². The van der Waals surface area contributed by atoms with Crippen molar-refractivity contribution in [1.82, 2.24) is 5.32 Å². The highest BCUT2D eigenvalue weighted by atomic mass is 16.3. The molecule has 2 atom stereocenters. The Kier molecular flexibility index (Phi) is 3.96. The average Bonchev–Trinajstić information content (AvgIpc) is 2.09. The Morgan fingerprint density at radius 1 is 1.46 bits per heavy atom. The summed E-state index contributed by atoms with van der Waals surface area (Å²) in [6.45, 7) is 1.80. The smallest absolute Gasteiger partial charge is 0.243 e. The fourth-order valence-electron chi connectivity index (χ4n) is 1.66. The van der Waals surface area contributed by atoms with Crippen LogP contribution in [0.4, 0.5) is 0 Å². The Labute approximate surface area is 78.8 Å². The Balaban J connectivity index is 2.37. The first-order chi connectivity index (χ1) is 6.24. The minimum Gasteiger partial charge on any atom is -0.391 e. The monoisotopic (exact) mass is 183 g/mol. The zero-order chi connectivity index (χ0) is 9.68. The molecule has 1 saturated carbocycles. The van der Waals surface area contributed by atoms with Crippen LogP contribution in [-0.4, -0.2) is 23.2 Å². The molecule has 3 heteroatoms. The van der Waals surface area contributed by atoms with Crippen molar-refractivity contribution < 1.29 is 9.90 Å². The summed E-state index contributed by atoms with van der Waals surface area (Å²) in [4.78, 5) is 11.1. The summed E-state index contributed by atoms with van der Waals surface area (Å²) in [5.74, 6) is -0.103. The molecule has 0 spiro atoms. The van der Waals surface area contributed by atoms with E-state index in [1.54, 1.807) is 13.0 Å². The second-order valence-electron chi connectivity index (χ2n) is 3.47. The van der Waals surface area contributed by atoms with Crippen LogP contribution in [0.5, 0.6) is 0 Å². The largest absolute Gasteiger partial charge is 0.391 e. The SMILES string of the molecule is C/C=C/C(=O)NC1CCCCC1O. The zero-order valence-electron chi connectivity index (χ0n) is 7.99. The number of aliphatic hydroxyl groups excluding tert-OH is 1. The topological polar surface area (TPSA) is 49.3 Å². The molecule has 0 aromatic carbocycles. The van der Waals surface area contributed by atoms with Crippen LogP contribution in [0.15, 0.2) is 12.2 Å². The molecule has 1 fully saturated rings. The van der Waals surface area contributed by atoms with E-state index in [1.807, 2.05) is 0 Å². The van der Waals surface area contributed by atoms with Crippen LogP contribution >= 0.6 is 0 Å². The number of rotatable bonds is 2. The molecule has 3 nitrogen and oxygen atoms in total. The number of carbonyl (C=O) groups is 1. The first-order valence-electron chi connectivity index (χ1n) is 4.85. The molecule has 74 valence electrons. The van der Waals surface area contributed by atoms with Crippen LogP contribution in [0.1, 0.15) is 32.6 Å². The van der Waals surface area contributed by atoms with Gasteiger partial charge in [-0.1, -0.05) is 18.9 Å². The third kappa shape index (κ3) is 3.19. The normalized spacial score (nSPS) is 29.1. The van der Waals surface area contributed by atoms with Crippen molar-refractivity contribution in [2.24, 2.45) is 0 Å². The first kappa shape index (κ1) is 10.3. The molecule has 13 heavy (non-hydrogen) atoms. The summed E-state index contributed by atoms with van der Waals surface area (Å²) in [5.41, 5.74) is 0. The molecular formula is C10H17NO2. The third-order valence-corrected chi connectivity index (χ3v) is 2.38. The van der Waals surface area contributed by atoms with Crippen LogP contribution in [0, 0.1) is 0 Å². The summed E-state index contributed by atoms with van der Waals surface area (Å²) in [5, 5.41) is 12.3. The van der Waals surface area contributed by atoms with Gasteiger partial charge in [0.15, 0.2) is 0 Å². The molecule has 1 aliphatic carbocycles. The van der Waals surface area contributed by atoms with Gasteiger partial charge >= 0.3 is 0 Å². The summed E-state index contributed by atoms with van der Waals surface area (Å²) in [6, 6.07) is -0.0440. The molecular weight excluding hydrogens is 166 g/mol. The van der Waals surface area contributed by atoms with Gasteiger partial charge in [0.1, 0.15) is 0 Å². The molecule has 0 radical (unpaired) electrons. The Bertz CT molecular complexity index is 201. The van der Waals surface area contributed by atoms with Gasteiger partial charge in [-0.25, -0.2) is 0 Å². The molecule has 0 saturated heterocycles. The van der Waals surface area contributed by atoms with E-state index in [1.165, 1.54) is 6.08 Å². The summed E-state index contributed by atoms with van der Waals surface area (Å²) >= 11 is 0. The van der Waals surface area contributed by atoms with Gasteiger partial charge in [-0.15, -0.1) is 0 Å². The van der Waals surface area contributed by atoms with E-state index >= 15 is 0 Å². The second kappa shape index (κ2) is 5.02. The highest BCUT2D eigenvalue weighted by Crippen LogP contribution is 2.18. The summed E-state index contributed by atoms with van der Waals surface area (Å²) < 4.78 is 0. The predicted octanol–water partition coefficient (Wildman–Crippen LogP) is 0.982. The molecule has 1 amide bonds. The number of allylic oxidation sites excluding steroid dienone is 1. The quantitative estimate of drug-likeness (QED) is 0.627. The van der Waals surface area contributed by atoms with Crippen LogP contribution in [0.2, 0.25) is 0 Å². The Hall–Kier alpha value is -0.830. The van der Waals surface area contributed by atoms with Gasteiger partial charge in [0.05, 0.1) is 12.1 Å². The molecule has 0 bridgehead atoms. The lowest BCUT2D eigenvalue weighted by Gasteiger charge is -2.27. The maximum absolute atomic E-state index is 11.1. The number of amides is 1. The Morgan fingerprint density at radius 3 is 2.77 bits per heavy atom. The van der Waals surface area contributed by atoms with E-state index in [0.717, 1.165) is 25.7 Å². The van der Waals surface area contributed by atoms with E-state index in [2.05, 4.69) is 5.32 Å². The number of aliphatic hydroxyl groups is 1. The lowest BCUT2D eigenvalue weighted by molar-refractivity contribution is -0.118. The van der Waals surface area contributed by atoms with Crippen LogP contribution in [0.25, 0.3) is 0 Å². The number of hydrogen-bond donors (Lipinski definition) is 2. The van der Waals surface area contributed by atoms with Crippen LogP contribution in [0.3, 0.4) is 0 Å². The van der Waals surface area contributed by atoms with Crippen molar-refractivity contribution in [3.63, 3.8) is 0 Å². The minimum atomic E-state index is -0.358. The van der Waals surface area contributed by atoms with Crippen molar-refractivity contribution in [3.05, 3.63) is 12.2 Å².